The molecule has 6 nitrogen and oxygen atoms in total. The van der Waals surface area contributed by atoms with E-state index in [1.165, 1.54) is 128 Å². The molecule has 0 unspecified atom stereocenters. The zero-order valence-corrected chi connectivity index (χ0v) is 27.2. The van der Waals surface area contributed by atoms with Crippen molar-refractivity contribution in [3.8, 4) is 0 Å². The van der Waals surface area contributed by atoms with Gasteiger partial charge in [-0.05, 0) is 19.3 Å². The average Bonchev–Trinajstić information content (AvgIpc) is 2.95. The van der Waals surface area contributed by atoms with Gasteiger partial charge in [0.25, 0.3) is 0 Å². The second-order valence-electron chi connectivity index (χ2n) is 12.1. The number of carboxylic acids is 1. The number of nitrogens with one attached hydrogen (secondary N) is 1. The van der Waals surface area contributed by atoms with Crippen LogP contribution >= 0.6 is 0 Å². The summed E-state index contributed by atoms with van der Waals surface area (Å²) in [5.41, 5.74) is 0. The van der Waals surface area contributed by atoms with Crippen LogP contribution < -0.4 is 5.32 Å². The summed E-state index contributed by atoms with van der Waals surface area (Å²) < 4.78 is 5.28. The first-order chi connectivity index (χ1) is 20.0. The second kappa shape index (κ2) is 31.3. The average molecular weight is 582 g/mol. The second-order valence-corrected chi connectivity index (χ2v) is 12.1. The van der Waals surface area contributed by atoms with Crippen molar-refractivity contribution >= 4 is 17.8 Å². The number of carbonyl (C=O) groups excluding carboxylic acids is 2. The molecule has 0 saturated heterocycles. The summed E-state index contributed by atoms with van der Waals surface area (Å²) in [6.07, 6.45) is 31.7. The number of rotatable bonds is 32. The van der Waals surface area contributed by atoms with Crippen molar-refractivity contribution in [3.05, 3.63) is 0 Å². The molecule has 0 aliphatic heterocycles. The molecule has 0 aliphatic carbocycles. The molecule has 2 N–H and O–H groups in total. The van der Waals surface area contributed by atoms with E-state index >= 15 is 0 Å². The van der Waals surface area contributed by atoms with Gasteiger partial charge < -0.3 is 15.2 Å². The van der Waals surface area contributed by atoms with Crippen molar-refractivity contribution in [2.75, 3.05) is 6.61 Å². The van der Waals surface area contributed by atoms with Crippen LogP contribution in [-0.2, 0) is 19.1 Å². The van der Waals surface area contributed by atoms with Crippen LogP contribution in [0.3, 0.4) is 0 Å². The minimum atomic E-state index is -1.10. The third kappa shape index (κ3) is 29.7. The summed E-state index contributed by atoms with van der Waals surface area (Å²) in [6.45, 7) is 4.87. The first kappa shape index (κ1) is 39.4. The molecule has 0 aromatic rings. The molecule has 0 rings (SSSR count). The third-order valence-corrected chi connectivity index (χ3v) is 8.04. The minimum Gasteiger partial charge on any atom is -0.480 e. The van der Waals surface area contributed by atoms with Crippen LogP contribution in [0.25, 0.3) is 0 Å². The van der Waals surface area contributed by atoms with Gasteiger partial charge in [0.1, 0.15) is 6.04 Å². The predicted octanol–water partition coefficient (Wildman–Crippen LogP) is 10.1. The molecule has 0 aliphatic rings. The Balaban J connectivity index is 3.61. The van der Waals surface area contributed by atoms with Gasteiger partial charge in [0.2, 0.25) is 5.91 Å². The van der Waals surface area contributed by atoms with Gasteiger partial charge in [-0.1, -0.05) is 162 Å². The Bertz CT molecular complexity index is 609. The molecule has 41 heavy (non-hydrogen) atoms. The van der Waals surface area contributed by atoms with Crippen LogP contribution in [0.2, 0.25) is 0 Å². The summed E-state index contributed by atoms with van der Waals surface area (Å²) in [4.78, 5) is 35.7. The first-order valence-corrected chi connectivity index (χ1v) is 17.7. The molecule has 1 amide bonds. The highest BCUT2D eigenvalue weighted by Gasteiger charge is 2.21. The number of carbonyl (C=O) groups is 3. The van der Waals surface area contributed by atoms with Gasteiger partial charge in [-0.2, -0.15) is 0 Å². The topological polar surface area (TPSA) is 92.7 Å². The van der Waals surface area contributed by atoms with Crippen LogP contribution in [0.4, 0.5) is 0 Å². The largest absolute Gasteiger partial charge is 0.480 e. The van der Waals surface area contributed by atoms with E-state index in [0.717, 1.165) is 32.1 Å². The highest BCUT2D eigenvalue weighted by Crippen LogP contribution is 2.14. The lowest BCUT2D eigenvalue weighted by molar-refractivity contribution is -0.145. The molecule has 0 spiro atoms. The zero-order valence-electron chi connectivity index (χ0n) is 27.2. The van der Waals surface area contributed by atoms with E-state index in [9.17, 15) is 19.5 Å². The Kier molecular flexibility index (Phi) is 30.1. The standard InChI is InChI=1S/C35H67NO5/c1-3-5-7-9-11-13-14-15-16-17-18-19-21-23-25-27-31-41-34(38)30-29-32(35(39)40)36-33(37)28-26-24-22-20-12-10-8-6-4-2/h32H,3-31H2,1-2H3,(H,36,37)(H,39,40)/t32-/m0/s1. The minimum absolute atomic E-state index is 0.00807. The van der Waals surface area contributed by atoms with E-state index in [1.54, 1.807) is 0 Å². The maximum Gasteiger partial charge on any atom is 0.326 e. The van der Waals surface area contributed by atoms with Crippen molar-refractivity contribution in [1.29, 1.82) is 0 Å². The van der Waals surface area contributed by atoms with E-state index in [0.29, 0.717) is 13.0 Å². The summed E-state index contributed by atoms with van der Waals surface area (Å²) in [5, 5.41) is 12.0. The maximum absolute atomic E-state index is 12.2. The van der Waals surface area contributed by atoms with Crippen molar-refractivity contribution in [2.45, 2.75) is 200 Å². The third-order valence-electron chi connectivity index (χ3n) is 8.04. The monoisotopic (exact) mass is 582 g/mol. The SMILES string of the molecule is CCCCCCCCCCCCCCCCCCOC(=O)CC[C@H](NC(=O)CCCCCCCCCCC)C(=O)O. The maximum atomic E-state index is 12.2. The summed E-state index contributed by atoms with van der Waals surface area (Å²) in [5.74, 6) is -1.73. The number of esters is 1. The molecule has 0 heterocycles. The normalized spacial score (nSPS) is 11.9. The lowest BCUT2D eigenvalue weighted by Gasteiger charge is -2.14. The van der Waals surface area contributed by atoms with Crippen molar-refractivity contribution in [2.24, 2.45) is 0 Å². The Hall–Kier alpha value is -1.59. The molecule has 0 saturated carbocycles. The lowest BCUT2D eigenvalue weighted by Crippen LogP contribution is -2.41. The summed E-state index contributed by atoms with van der Waals surface area (Å²) in [7, 11) is 0. The van der Waals surface area contributed by atoms with Crippen LogP contribution in [-0.4, -0.2) is 35.6 Å². The van der Waals surface area contributed by atoms with Crippen molar-refractivity contribution < 1.29 is 24.2 Å². The van der Waals surface area contributed by atoms with Gasteiger partial charge in [-0.25, -0.2) is 4.79 Å². The fourth-order valence-corrected chi connectivity index (χ4v) is 5.29. The van der Waals surface area contributed by atoms with E-state index in [-0.39, 0.29) is 24.7 Å². The van der Waals surface area contributed by atoms with Crippen LogP contribution in [0.1, 0.15) is 194 Å². The van der Waals surface area contributed by atoms with E-state index < -0.39 is 12.0 Å². The lowest BCUT2D eigenvalue weighted by atomic mass is 10.0. The van der Waals surface area contributed by atoms with Gasteiger partial charge in [-0.3, -0.25) is 9.59 Å². The van der Waals surface area contributed by atoms with Gasteiger partial charge >= 0.3 is 11.9 Å². The molecule has 0 radical (unpaired) electrons. The quantitative estimate of drug-likeness (QED) is 0.0609. The van der Waals surface area contributed by atoms with Crippen LogP contribution in [0, 0.1) is 0 Å². The van der Waals surface area contributed by atoms with E-state index in [4.69, 9.17) is 4.74 Å². The number of hydrogen-bond acceptors (Lipinski definition) is 4. The molecule has 0 bridgehead atoms. The fraction of sp³-hybridized carbons (Fsp3) is 0.914. The number of aliphatic carboxylic acids is 1. The molecule has 0 fully saturated rings. The number of hydrogen-bond donors (Lipinski definition) is 2. The zero-order chi connectivity index (χ0) is 30.2. The van der Waals surface area contributed by atoms with E-state index in [1.807, 2.05) is 0 Å². The highest BCUT2D eigenvalue weighted by molar-refractivity contribution is 5.84. The number of ether oxygens (including phenoxy) is 1. The molecule has 242 valence electrons. The highest BCUT2D eigenvalue weighted by atomic mass is 16.5. The van der Waals surface area contributed by atoms with Crippen LogP contribution in [0.5, 0.6) is 0 Å². The van der Waals surface area contributed by atoms with Crippen molar-refractivity contribution in [3.63, 3.8) is 0 Å². The fourth-order valence-electron chi connectivity index (χ4n) is 5.29. The van der Waals surface area contributed by atoms with E-state index in [2.05, 4.69) is 19.2 Å². The molecule has 0 aromatic carbocycles. The summed E-state index contributed by atoms with van der Waals surface area (Å²) >= 11 is 0. The first-order valence-electron chi connectivity index (χ1n) is 17.7. The Morgan fingerprint density at radius 2 is 0.902 bits per heavy atom. The van der Waals surface area contributed by atoms with Crippen molar-refractivity contribution in [1.82, 2.24) is 5.32 Å². The van der Waals surface area contributed by atoms with Gasteiger partial charge in [0, 0.05) is 12.8 Å². The Morgan fingerprint density at radius 1 is 0.537 bits per heavy atom. The Labute approximate surface area is 253 Å². The van der Waals surface area contributed by atoms with Gasteiger partial charge in [0.05, 0.1) is 6.61 Å². The van der Waals surface area contributed by atoms with Gasteiger partial charge in [0.15, 0.2) is 0 Å². The van der Waals surface area contributed by atoms with Gasteiger partial charge in [-0.15, -0.1) is 0 Å². The molecule has 0 aromatic heterocycles. The van der Waals surface area contributed by atoms with Crippen LogP contribution in [0.15, 0.2) is 0 Å². The molecule has 6 heteroatoms. The molecular weight excluding hydrogens is 514 g/mol. The molecule has 1 atom stereocenters. The summed E-state index contributed by atoms with van der Waals surface area (Å²) in [6, 6.07) is -1.04. The number of amides is 1. The Morgan fingerprint density at radius 3 is 1.29 bits per heavy atom. The number of carboxylic acid groups (broad SMARTS) is 1. The number of unbranched alkanes of at least 4 members (excludes halogenated alkanes) is 23. The molecular formula is C35H67NO5. The smallest absolute Gasteiger partial charge is 0.326 e. The predicted molar refractivity (Wildman–Crippen MR) is 171 cm³/mol.